The molecule has 1 aromatic heterocycles. The number of piperazine rings is 1. The van der Waals surface area contributed by atoms with Gasteiger partial charge < -0.3 is 4.90 Å². The zero-order valence-electron chi connectivity index (χ0n) is 18.1. The highest BCUT2D eigenvalue weighted by Crippen LogP contribution is 2.36. The number of hydrogen-bond donors (Lipinski definition) is 0. The minimum absolute atomic E-state index is 0.0342. The SMILES string of the molecule is Cc1cc2c(cnn2-c2ccc(F)cc2)cc1[C@@]1(C)CN(C)CCN1CC(C)C. The van der Waals surface area contributed by atoms with Gasteiger partial charge >= 0.3 is 0 Å². The van der Waals surface area contributed by atoms with Crippen LogP contribution in [0, 0.1) is 18.7 Å². The van der Waals surface area contributed by atoms with Crippen molar-refractivity contribution in [3.8, 4) is 5.69 Å². The van der Waals surface area contributed by atoms with Crippen molar-refractivity contribution >= 4 is 10.9 Å². The fourth-order valence-corrected chi connectivity index (χ4v) is 4.78. The average Bonchev–Trinajstić information content (AvgIpc) is 3.06. The summed E-state index contributed by atoms with van der Waals surface area (Å²) >= 11 is 0. The van der Waals surface area contributed by atoms with E-state index >= 15 is 0 Å². The third-order valence-corrected chi connectivity index (χ3v) is 6.18. The van der Waals surface area contributed by atoms with Crippen molar-refractivity contribution in [2.45, 2.75) is 33.2 Å². The summed E-state index contributed by atoms with van der Waals surface area (Å²) in [5.74, 6) is 0.395. The van der Waals surface area contributed by atoms with Crippen LogP contribution in [0.4, 0.5) is 4.39 Å². The highest BCUT2D eigenvalue weighted by atomic mass is 19.1. The average molecular weight is 395 g/mol. The highest BCUT2D eigenvalue weighted by molar-refractivity contribution is 5.82. The Labute approximate surface area is 172 Å². The maximum atomic E-state index is 13.3. The molecule has 0 radical (unpaired) electrons. The molecule has 0 N–H and O–H groups in total. The Hall–Kier alpha value is -2.24. The first-order valence-corrected chi connectivity index (χ1v) is 10.5. The van der Waals surface area contributed by atoms with Crippen LogP contribution in [0.1, 0.15) is 31.9 Å². The van der Waals surface area contributed by atoms with Crippen molar-refractivity contribution in [1.82, 2.24) is 19.6 Å². The van der Waals surface area contributed by atoms with E-state index in [1.54, 1.807) is 12.1 Å². The predicted octanol–water partition coefficient (Wildman–Crippen LogP) is 4.59. The zero-order chi connectivity index (χ0) is 20.8. The van der Waals surface area contributed by atoms with E-state index in [4.69, 9.17) is 0 Å². The molecule has 0 aliphatic carbocycles. The fourth-order valence-electron chi connectivity index (χ4n) is 4.78. The van der Waals surface area contributed by atoms with E-state index in [-0.39, 0.29) is 11.4 Å². The van der Waals surface area contributed by atoms with Crippen LogP contribution in [0.2, 0.25) is 0 Å². The maximum Gasteiger partial charge on any atom is 0.123 e. The summed E-state index contributed by atoms with van der Waals surface area (Å²) in [5, 5.41) is 5.72. The normalized spacial score (nSPS) is 21.3. The molecule has 29 heavy (non-hydrogen) atoms. The molecule has 1 aliphatic rings. The van der Waals surface area contributed by atoms with Crippen LogP contribution in [-0.2, 0) is 5.54 Å². The monoisotopic (exact) mass is 394 g/mol. The molecule has 3 aromatic rings. The molecule has 1 atom stereocenters. The molecule has 0 saturated carbocycles. The van der Waals surface area contributed by atoms with Gasteiger partial charge in [0.25, 0.3) is 0 Å². The Balaban J connectivity index is 1.79. The van der Waals surface area contributed by atoms with Crippen LogP contribution in [0.5, 0.6) is 0 Å². The Morgan fingerprint density at radius 1 is 1.14 bits per heavy atom. The number of halogens is 1. The van der Waals surface area contributed by atoms with E-state index in [0.717, 1.165) is 42.8 Å². The van der Waals surface area contributed by atoms with Gasteiger partial charge in [0.15, 0.2) is 0 Å². The second-order valence-electron chi connectivity index (χ2n) is 9.11. The number of rotatable bonds is 4. The summed E-state index contributed by atoms with van der Waals surface area (Å²) in [6.45, 7) is 13.5. The molecule has 2 aromatic carbocycles. The standard InChI is InChI=1S/C24H31FN4/c1-17(2)15-28-11-10-27(5)16-24(28,4)22-13-19-14-26-29(23(19)12-18(22)3)21-8-6-20(25)7-9-21/h6-9,12-14,17H,10-11,15-16H2,1-5H3/t24-/m1/s1. The molecule has 0 unspecified atom stereocenters. The molecule has 2 heterocycles. The van der Waals surface area contributed by atoms with E-state index < -0.39 is 0 Å². The quantitative estimate of drug-likeness (QED) is 0.647. The Morgan fingerprint density at radius 3 is 2.55 bits per heavy atom. The zero-order valence-corrected chi connectivity index (χ0v) is 18.1. The van der Waals surface area contributed by atoms with Crippen molar-refractivity contribution in [1.29, 1.82) is 0 Å². The summed E-state index contributed by atoms with van der Waals surface area (Å²) in [7, 11) is 2.21. The van der Waals surface area contributed by atoms with E-state index in [2.05, 4.69) is 61.8 Å². The van der Waals surface area contributed by atoms with E-state index in [9.17, 15) is 4.39 Å². The molecular formula is C24H31FN4. The lowest BCUT2D eigenvalue weighted by Gasteiger charge is -2.50. The number of hydrogen-bond acceptors (Lipinski definition) is 3. The van der Waals surface area contributed by atoms with Gasteiger partial charge in [-0.15, -0.1) is 0 Å². The Bertz CT molecular complexity index is 1010. The van der Waals surface area contributed by atoms with Crippen molar-refractivity contribution in [3.63, 3.8) is 0 Å². The number of aromatic nitrogens is 2. The van der Waals surface area contributed by atoms with Crippen LogP contribution in [0.15, 0.2) is 42.6 Å². The lowest BCUT2D eigenvalue weighted by atomic mass is 9.83. The highest BCUT2D eigenvalue weighted by Gasteiger charge is 2.39. The minimum atomic E-state index is -0.233. The Kier molecular flexibility index (Phi) is 5.21. The van der Waals surface area contributed by atoms with Crippen LogP contribution in [0.25, 0.3) is 16.6 Å². The van der Waals surface area contributed by atoms with Gasteiger partial charge in [0, 0.05) is 31.6 Å². The molecule has 0 bridgehead atoms. The summed E-state index contributed by atoms with van der Waals surface area (Å²) < 4.78 is 15.2. The van der Waals surface area contributed by atoms with Gasteiger partial charge in [-0.1, -0.05) is 13.8 Å². The van der Waals surface area contributed by atoms with Crippen LogP contribution < -0.4 is 0 Å². The predicted molar refractivity (Wildman–Crippen MR) is 117 cm³/mol. The van der Waals surface area contributed by atoms with Crippen molar-refractivity contribution in [2.75, 3.05) is 33.2 Å². The van der Waals surface area contributed by atoms with Crippen LogP contribution in [0.3, 0.4) is 0 Å². The minimum Gasteiger partial charge on any atom is -0.303 e. The second-order valence-corrected chi connectivity index (χ2v) is 9.11. The van der Waals surface area contributed by atoms with Gasteiger partial charge in [-0.05, 0) is 74.3 Å². The topological polar surface area (TPSA) is 24.3 Å². The third kappa shape index (κ3) is 3.69. The molecule has 5 heteroatoms. The first-order chi connectivity index (χ1) is 13.8. The number of nitrogens with zero attached hydrogens (tertiary/aromatic N) is 4. The molecule has 1 saturated heterocycles. The van der Waals surface area contributed by atoms with Gasteiger partial charge in [0.1, 0.15) is 5.82 Å². The summed E-state index contributed by atoms with van der Waals surface area (Å²) in [4.78, 5) is 5.08. The lowest BCUT2D eigenvalue weighted by molar-refractivity contribution is 0.00762. The number of fused-ring (bicyclic) bond motifs is 1. The summed E-state index contributed by atoms with van der Waals surface area (Å²) in [6, 6.07) is 11.0. The molecule has 0 amide bonds. The van der Waals surface area contributed by atoms with Gasteiger partial charge in [-0.3, -0.25) is 4.90 Å². The molecule has 4 nitrogen and oxygen atoms in total. The van der Waals surface area contributed by atoms with Crippen molar-refractivity contribution in [3.05, 3.63) is 59.5 Å². The number of benzene rings is 2. The van der Waals surface area contributed by atoms with Crippen molar-refractivity contribution < 1.29 is 4.39 Å². The van der Waals surface area contributed by atoms with E-state index in [1.165, 1.54) is 23.3 Å². The smallest absolute Gasteiger partial charge is 0.123 e. The second kappa shape index (κ2) is 7.54. The number of aryl methyl sites for hydroxylation is 1. The fraction of sp³-hybridized carbons (Fsp3) is 0.458. The van der Waals surface area contributed by atoms with Gasteiger partial charge in [0.2, 0.25) is 0 Å². The van der Waals surface area contributed by atoms with Gasteiger partial charge in [0.05, 0.1) is 22.9 Å². The summed E-state index contributed by atoms with van der Waals surface area (Å²) in [5.41, 5.74) is 4.54. The molecular weight excluding hydrogens is 363 g/mol. The lowest BCUT2D eigenvalue weighted by Crippen LogP contribution is -2.58. The van der Waals surface area contributed by atoms with Gasteiger partial charge in [-0.2, -0.15) is 5.10 Å². The van der Waals surface area contributed by atoms with Crippen LogP contribution >= 0.6 is 0 Å². The first-order valence-electron chi connectivity index (χ1n) is 10.5. The maximum absolute atomic E-state index is 13.3. The van der Waals surface area contributed by atoms with Crippen molar-refractivity contribution in [2.24, 2.45) is 5.92 Å². The molecule has 0 spiro atoms. The molecule has 154 valence electrons. The molecule has 1 fully saturated rings. The summed E-state index contributed by atoms with van der Waals surface area (Å²) in [6.07, 6.45) is 1.92. The third-order valence-electron chi connectivity index (χ3n) is 6.18. The Morgan fingerprint density at radius 2 is 1.86 bits per heavy atom. The van der Waals surface area contributed by atoms with E-state index in [0.29, 0.717) is 5.92 Å². The van der Waals surface area contributed by atoms with E-state index in [1.807, 2.05) is 10.9 Å². The molecule has 4 rings (SSSR count). The van der Waals surface area contributed by atoms with Gasteiger partial charge in [-0.25, -0.2) is 9.07 Å². The first kappa shape index (κ1) is 20.0. The number of likely N-dealkylation sites (N-methyl/N-ethyl adjacent to an activating group) is 1. The molecule has 1 aliphatic heterocycles. The largest absolute Gasteiger partial charge is 0.303 e. The van der Waals surface area contributed by atoms with Crippen LogP contribution in [-0.4, -0.2) is 52.8 Å².